The highest BCUT2D eigenvalue weighted by atomic mass is 28.4. The van der Waals surface area contributed by atoms with E-state index in [1.807, 2.05) is 20.8 Å². The Kier molecular flexibility index (Phi) is 11.5. The summed E-state index contributed by atoms with van der Waals surface area (Å²) >= 11 is 0. The van der Waals surface area contributed by atoms with Gasteiger partial charge in [-0.15, -0.1) is 0 Å². The topological polar surface area (TPSA) is 27.7 Å². The quantitative estimate of drug-likeness (QED) is 0.282. The van der Waals surface area contributed by atoms with E-state index in [4.69, 9.17) is 13.3 Å². The van der Waals surface area contributed by atoms with Crippen LogP contribution in [0.2, 0.25) is 6.04 Å². The molecule has 0 aliphatic carbocycles. The SMILES string of the molecule is C=C(CC)CCCCC[Si](OCC)(OCC)OCC. The predicted molar refractivity (Wildman–Crippen MR) is 83.3 cm³/mol. The third-order valence-corrected chi connectivity index (χ3v) is 6.26. The van der Waals surface area contributed by atoms with Gasteiger partial charge in [-0.25, -0.2) is 0 Å². The fourth-order valence-corrected chi connectivity index (χ4v) is 4.76. The first-order chi connectivity index (χ1) is 9.14. The molecule has 4 heteroatoms. The molecule has 0 fully saturated rings. The number of hydrogen-bond donors (Lipinski definition) is 0. The molecule has 0 saturated heterocycles. The Morgan fingerprint density at radius 3 is 1.79 bits per heavy atom. The molecule has 0 aliphatic heterocycles. The van der Waals surface area contributed by atoms with Crippen molar-refractivity contribution in [3.63, 3.8) is 0 Å². The predicted octanol–water partition coefficient (Wildman–Crippen LogP) is 4.56. The standard InChI is InChI=1S/C15H32O3Si/c1-6-15(5)13-11-10-12-14-19(16-7-2,17-8-3)18-9-4/h5-14H2,1-4H3. The Morgan fingerprint density at radius 1 is 0.842 bits per heavy atom. The van der Waals surface area contributed by atoms with E-state index in [9.17, 15) is 0 Å². The van der Waals surface area contributed by atoms with E-state index in [1.54, 1.807) is 0 Å². The molecular formula is C15H32O3Si. The lowest BCUT2D eigenvalue weighted by Crippen LogP contribution is -2.45. The molecule has 19 heavy (non-hydrogen) atoms. The van der Waals surface area contributed by atoms with E-state index < -0.39 is 8.80 Å². The van der Waals surface area contributed by atoms with Gasteiger partial charge in [-0.05, 0) is 46.5 Å². The second kappa shape index (κ2) is 11.6. The van der Waals surface area contributed by atoms with Crippen LogP contribution < -0.4 is 0 Å². The molecule has 0 saturated carbocycles. The first kappa shape index (κ1) is 18.8. The average Bonchev–Trinajstić information content (AvgIpc) is 2.39. The summed E-state index contributed by atoms with van der Waals surface area (Å²) in [5.41, 5.74) is 1.35. The zero-order valence-electron chi connectivity index (χ0n) is 13.3. The molecule has 0 heterocycles. The fraction of sp³-hybridized carbons (Fsp3) is 0.867. The maximum absolute atomic E-state index is 5.84. The van der Waals surface area contributed by atoms with Crippen LogP contribution in [-0.4, -0.2) is 28.6 Å². The normalized spacial score (nSPS) is 11.8. The largest absolute Gasteiger partial charge is 0.500 e. The number of unbranched alkanes of at least 4 members (excludes halogenated alkanes) is 2. The molecule has 0 rings (SSSR count). The first-order valence-electron chi connectivity index (χ1n) is 7.72. The van der Waals surface area contributed by atoms with Crippen molar-refractivity contribution in [2.45, 2.75) is 65.8 Å². The highest BCUT2D eigenvalue weighted by Gasteiger charge is 2.39. The average molecular weight is 289 g/mol. The van der Waals surface area contributed by atoms with Gasteiger partial charge in [-0.1, -0.05) is 25.5 Å². The van der Waals surface area contributed by atoms with Gasteiger partial charge in [0.1, 0.15) is 0 Å². The molecule has 114 valence electrons. The molecule has 0 aromatic rings. The summed E-state index contributed by atoms with van der Waals surface area (Å²) in [5, 5.41) is 0. The van der Waals surface area contributed by atoms with Crippen molar-refractivity contribution in [2.75, 3.05) is 19.8 Å². The van der Waals surface area contributed by atoms with Crippen LogP contribution in [0.3, 0.4) is 0 Å². The maximum Gasteiger partial charge on any atom is 0.500 e. The summed E-state index contributed by atoms with van der Waals surface area (Å²) in [4.78, 5) is 0. The zero-order chi connectivity index (χ0) is 14.6. The molecule has 0 bridgehead atoms. The molecule has 0 N–H and O–H groups in total. The van der Waals surface area contributed by atoms with Gasteiger partial charge >= 0.3 is 8.80 Å². The summed E-state index contributed by atoms with van der Waals surface area (Å²) in [7, 11) is -2.40. The van der Waals surface area contributed by atoms with Crippen molar-refractivity contribution in [2.24, 2.45) is 0 Å². The van der Waals surface area contributed by atoms with Gasteiger partial charge in [0.15, 0.2) is 0 Å². The van der Waals surface area contributed by atoms with Crippen molar-refractivity contribution in [1.29, 1.82) is 0 Å². The molecule has 0 aliphatic rings. The van der Waals surface area contributed by atoms with Gasteiger partial charge in [0.2, 0.25) is 0 Å². The smallest absolute Gasteiger partial charge is 0.374 e. The highest BCUT2D eigenvalue weighted by molar-refractivity contribution is 6.60. The van der Waals surface area contributed by atoms with E-state index in [0.717, 1.165) is 25.3 Å². The van der Waals surface area contributed by atoms with Crippen LogP contribution in [0.4, 0.5) is 0 Å². The lowest BCUT2D eigenvalue weighted by atomic mass is 10.1. The van der Waals surface area contributed by atoms with Gasteiger partial charge in [-0.3, -0.25) is 0 Å². The van der Waals surface area contributed by atoms with Crippen LogP contribution in [0.1, 0.15) is 59.8 Å². The lowest BCUT2D eigenvalue weighted by molar-refractivity contribution is 0.0706. The number of hydrogen-bond acceptors (Lipinski definition) is 3. The van der Waals surface area contributed by atoms with E-state index in [-0.39, 0.29) is 0 Å². The Balaban J connectivity index is 4.06. The summed E-state index contributed by atoms with van der Waals surface area (Å²) < 4.78 is 17.5. The summed E-state index contributed by atoms with van der Waals surface area (Å²) in [6.45, 7) is 14.2. The van der Waals surface area contributed by atoms with E-state index >= 15 is 0 Å². The molecule has 3 nitrogen and oxygen atoms in total. The lowest BCUT2D eigenvalue weighted by Gasteiger charge is -2.28. The summed E-state index contributed by atoms with van der Waals surface area (Å²) in [5.74, 6) is 0. The minimum Gasteiger partial charge on any atom is -0.374 e. The van der Waals surface area contributed by atoms with Gasteiger partial charge in [0.25, 0.3) is 0 Å². The Hall–Kier alpha value is -0.163. The molecule has 0 aromatic carbocycles. The summed E-state index contributed by atoms with van der Waals surface area (Å²) in [6, 6.07) is 0.932. The van der Waals surface area contributed by atoms with Crippen molar-refractivity contribution in [1.82, 2.24) is 0 Å². The Morgan fingerprint density at radius 2 is 1.37 bits per heavy atom. The van der Waals surface area contributed by atoms with Crippen molar-refractivity contribution in [3.8, 4) is 0 Å². The van der Waals surface area contributed by atoms with Crippen LogP contribution in [0.15, 0.2) is 12.2 Å². The van der Waals surface area contributed by atoms with Gasteiger partial charge in [0.05, 0.1) is 0 Å². The molecule has 0 radical (unpaired) electrons. The summed E-state index contributed by atoms with van der Waals surface area (Å²) in [6.07, 6.45) is 5.75. The third kappa shape index (κ3) is 8.58. The van der Waals surface area contributed by atoms with Crippen LogP contribution in [0.25, 0.3) is 0 Å². The fourth-order valence-electron chi connectivity index (χ4n) is 2.07. The molecular weight excluding hydrogens is 256 g/mol. The second-order valence-corrected chi connectivity index (χ2v) is 7.38. The third-order valence-electron chi connectivity index (χ3n) is 3.11. The molecule has 0 unspecified atom stereocenters. The van der Waals surface area contributed by atoms with Gasteiger partial charge in [0, 0.05) is 25.9 Å². The van der Waals surface area contributed by atoms with Gasteiger partial charge in [-0.2, -0.15) is 0 Å². The molecule has 0 atom stereocenters. The minimum atomic E-state index is -2.40. The molecule has 0 spiro atoms. The van der Waals surface area contributed by atoms with Crippen molar-refractivity contribution in [3.05, 3.63) is 12.2 Å². The van der Waals surface area contributed by atoms with Gasteiger partial charge < -0.3 is 13.3 Å². The molecule has 0 aromatic heterocycles. The van der Waals surface area contributed by atoms with E-state index in [2.05, 4.69) is 13.5 Å². The minimum absolute atomic E-state index is 0.666. The van der Waals surface area contributed by atoms with Crippen LogP contribution in [0, 0.1) is 0 Å². The van der Waals surface area contributed by atoms with Crippen molar-refractivity contribution >= 4 is 8.80 Å². The second-order valence-electron chi connectivity index (χ2n) is 4.65. The maximum atomic E-state index is 5.84. The number of allylic oxidation sites excluding steroid dienone is 1. The zero-order valence-corrected chi connectivity index (χ0v) is 14.3. The van der Waals surface area contributed by atoms with E-state index in [1.165, 1.54) is 18.4 Å². The Labute approximate surface area is 120 Å². The van der Waals surface area contributed by atoms with Crippen LogP contribution in [-0.2, 0) is 13.3 Å². The van der Waals surface area contributed by atoms with Crippen molar-refractivity contribution < 1.29 is 13.3 Å². The van der Waals surface area contributed by atoms with Crippen LogP contribution in [0.5, 0.6) is 0 Å². The monoisotopic (exact) mass is 288 g/mol. The molecule has 0 amide bonds. The number of rotatable bonds is 13. The van der Waals surface area contributed by atoms with Crippen LogP contribution >= 0.6 is 0 Å². The highest BCUT2D eigenvalue weighted by Crippen LogP contribution is 2.21. The Bertz CT molecular complexity index is 214. The first-order valence-corrected chi connectivity index (χ1v) is 9.65. The van der Waals surface area contributed by atoms with E-state index in [0.29, 0.717) is 19.8 Å².